The summed E-state index contributed by atoms with van der Waals surface area (Å²) in [5.74, 6) is -3.80. The molecule has 0 saturated carbocycles. The first kappa shape index (κ1) is 60.3. The first-order valence-corrected chi connectivity index (χ1v) is 29.3. The van der Waals surface area contributed by atoms with Crippen LogP contribution in [0.4, 0.5) is 0 Å². The van der Waals surface area contributed by atoms with Gasteiger partial charge in [0.1, 0.15) is 60.0 Å². The zero-order valence-corrected chi connectivity index (χ0v) is 48.9. The Morgan fingerprint density at radius 1 is 0.614 bits per heavy atom. The number of ketones is 4. The van der Waals surface area contributed by atoms with Gasteiger partial charge in [-0.1, -0.05) is 19.1 Å². The molecular formula is C60H80N2O21. The molecule has 456 valence electrons. The van der Waals surface area contributed by atoms with Crippen molar-refractivity contribution in [3.05, 3.63) is 63.7 Å². The molecular weight excluding hydrogens is 1080 g/mol. The Morgan fingerprint density at radius 2 is 1.23 bits per heavy atom. The molecule has 7 heterocycles. The molecule has 4 N–H and O–H groups in total. The van der Waals surface area contributed by atoms with Gasteiger partial charge in [0, 0.05) is 67.3 Å². The fourth-order valence-electron chi connectivity index (χ4n) is 13.7. The van der Waals surface area contributed by atoms with E-state index in [4.69, 9.17) is 61.6 Å². The van der Waals surface area contributed by atoms with Gasteiger partial charge in [0.15, 0.2) is 55.1 Å². The zero-order valence-electron chi connectivity index (χ0n) is 48.9. The second-order valence-corrected chi connectivity index (χ2v) is 24.3. The molecule has 2 aromatic carbocycles. The first-order valence-electron chi connectivity index (χ1n) is 29.3. The normalized spacial score (nSPS) is 41.8. The van der Waals surface area contributed by atoms with E-state index in [1.807, 2.05) is 65.7 Å². The summed E-state index contributed by atoms with van der Waals surface area (Å²) in [5, 5.41) is 49.4. The van der Waals surface area contributed by atoms with E-state index in [0.29, 0.717) is 19.3 Å². The molecule has 23 atom stereocenters. The summed E-state index contributed by atoms with van der Waals surface area (Å²) in [6.45, 7) is 12.6. The molecule has 0 bridgehead atoms. The van der Waals surface area contributed by atoms with Gasteiger partial charge in [0.25, 0.3) is 0 Å². The van der Waals surface area contributed by atoms with Gasteiger partial charge in [-0.25, -0.2) is 0 Å². The fourth-order valence-corrected chi connectivity index (χ4v) is 13.7. The summed E-state index contributed by atoms with van der Waals surface area (Å²) in [7, 11) is 7.59. The van der Waals surface area contributed by atoms with E-state index in [9.17, 15) is 39.6 Å². The largest absolute Gasteiger partial charge is 0.507 e. The van der Waals surface area contributed by atoms with E-state index >= 15 is 0 Å². The highest BCUT2D eigenvalue weighted by Crippen LogP contribution is 2.58. The molecule has 11 rings (SSSR count). The monoisotopic (exact) mass is 1160 g/mol. The van der Waals surface area contributed by atoms with Crippen LogP contribution in [0.25, 0.3) is 0 Å². The minimum Gasteiger partial charge on any atom is -0.507 e. The Balaban J connectivity index is 0.845. The number of benzene rings is 2. The number of likely N-dealkylation sites (N-methyl/N-ethyl adjacent to an activating group) is 2. The average molecular weight is 1170 g/mol. The Kier molecular flexibility index (Phi) is 17.2. The van der Waals surface area contributed by atoms with Crippen molar-refractivity contribution in [3.8, 4) is 17.2 Å². The SMILES string of the molecule is CC[C@@]1(O)C[C@H](O[C@H]2C[C@H](N(C)C)[C@H](O[C@H]3CC4OC5CC(=O)[C@H](C)OC5OC4[C@H](C)O3)[C@H](C)O2)c2c(O)c3c(c(O)c2[C@H]1O[C@H]1C[C@H](N(C)C)[C@H](O[C@H]2CCC(O[C@H]4C=CC(=O)[C@H](C)O4)[C@H](C)O2)[C@H](C)O1)C(=O)c1cccc(O)c1C3=O. The standard InChI is InChI=1S/C60H80N2O21/c1-12-60(70)24-40(79-43-20-32(61(8)9)56(29(6)73-43)81-45-23-38-57(30(7)75-45)83-59-39(77-38)22-36(65)26(3)76-59)47-50(54(69)48-49(53(47)68)52(67)46-31(51(48)66)14-13-15-35(46)64)58(60)82-44-21-33(62(10)11)55(28(5)74-44)80-42-19-17-37(27(4)72-42)78-41-18-16-34(63)25(2)71-41/h13-16,18,25-30,32-33,37-45,55-59,64,68-70H,12,17,19-24H2,1-11H3/t25-,26-,27-,28-,29-,30-,32-,33-,37?,38?,39?,40-,41-,42-,43-,44-,45-,55+,56+,57?,58+,59?,60+/m0/s1. The van der Waals surface area contributed by atoms with Crippen molar-refractivity contribution in [1.82, 2.24) is 9.80 Å². The molecule has 83 heavy (non-hydrogen) atoms. The molecule has 7 aliphatic heterocycles. The Bertz CT molecular complexity index is 2830. The van der Waals surface area contributed by atoms with Crippen LogP contribution in [0.2, 0.25) is 0 Å². The molecule has 9 aliphatic rings. The number of phenols is 3. The number of phenolic OH excluding ortho intramolecular Hbond substituents is 3. The molecule has 2 aromatic rings. The number of hydrogen-bond donors (Lipinski definition) is 4. The van der Waals surface area contributed by atoms with E-state index in [-0.39, 0.29) is 90.2 Å². The van der Waals surface area contributed by atoms with Gasteiger partial charge >= 0.3 is 0 Å². The number of Topliss-reactive ketones (excluding diaryl/α,β-unsaturated/α-hetero) is 1. The number of ether oxygens (including phenoxy) is 13. The van der Waals surface area contributed by atoms with E-state index in [1.54, 1.807) is 26.8 Å². The lowest BCUT2D eigenvalue weighted by Gasteiger charge is -2.51. The number of aromatic hydroxyl groups is 3. The highest BCUT2D eigenvalue weighted by molar-refractivity contribution is 6.31. The van der Waals surface area contributed by atoms with Crippen LogP contribution >= 0.6 is 0 Å². The predicted molar refractivity (Wildman–Crippen MR) is 288 cm³/mol. The molecule has 23 heteroatoms. The first-order chi connectivity index (χ1) is 39.4. The highest BCUT2D eigenvalue weighted by atomic mass is 16.8. The van der Waals surface area contributed by atoms with Gasteiger partial charge < -0.3 is 91.8 Å². The van der Waals surface area contributed by atoms with Crippen molar-refractivity contribution in [2.75, 3.05) is 28.2 Å². The average Bonchev–Trinajstić information content (AvgIpc) is 1.62. The predicted octanol–water partition coefficient (Wildman–Crippen LogP) is 4.91. The molecule has 6 fully saturated rings. The van der Waals surface area contributed by atoms with Crippen molar-refractivity contribution in [2.45, 2.75) is 241 Å². The topological polar surface area (TPSA) is 276 Å². The van der Waals surface area contributed by atoms with Crippen molar-refractivity contribution in [1.29, 1.82) is 0 Å². The summed E-state index contributed by atoms with van der Waals surface area (Å²) >= 11 is 0. The maximum absolute atomic E-state index is 14.6. The third kappa shape index (κ3) is 11.4. The van der Waals surface area contributed by atoms with Crippen LogP contribution in [-0.2, 0) is 71.2 Å². The molecule has 0 aromatic heterocycles. The lowest BCUT2D eigenvalue weighted by Crippen LogP contribution is -2.62. The maximum Gasteiger partial charge on any atom is 0.202 e. The molecule has 0 amide bonds. The van der Waals surface area contributed by atoms with Crippen molar-refractivity contribution < 1.29 is 101 Å². The van der Waals surface area contributed by atoms with Crippen LogP contribution in [0.15, 0.2) is 30.4 Å². The number of fused-ring (bicyclic) bond motifs is 5. The summed E-state index contributed by atoms with van der Waals surface area (Å²) < 4.78 is 83.8. The minimum atomic E-state index is -1.88. The zero-order chi connectivity index (χ0) is 59.2. The molecule has 6 saturated heterocycles. The van der Waals surface area contributed by atoms with Crippen LogP contribution in [-0.4, -0.2) is 210 Å². The quantitative estimate of drug-likeness (QED) is 0.166. The molecule has 0 radical (unpaired) electrons. The van der Waals surface area contributed by atoms with Crippen LogP contribution in [0.5, 0.6) is 17.2 Å². The second kappa shape index (κ2) is 23.7. The highest BCUT2D eigenvalue weighted by Gasteiger charge is 2.56. The van der Waals surface area contributed by atoms with Crippen LogP contribution in [0, 0.1) is 0 Å². The van der Waals surface area contributed by atoms with Gasteiger partial charge in [0.2, 0.25) is 5.78 Å². The van der Waals surface area contributed by atoms with Crippen LogP contribution < -0.4 is 0 Å². The minimum absolute atomic E-state index is 0.0175. The van der Waals surface area contributed by atoms with E-state index in [2.05, 4.69) is 0 Å². The molecule has 23 nitrogen and oxygen atoms in total. The van der Waals surface area contributed by atoms with Crippen LogP contribution in [0.1, 0.15) is 155 Å². The smallest absolute Gasteiger partial charge is 0.202 e. The lowest BCUT2D eigenvalue weighted by atomic mass is 9.70. The summed E-state index contributed by atoms with van der Waals surface area (Å²) in [6, 6.07) is 3.30. The molecule has 0 spiro atoms. The number of nitrogens with zero attached hydrogens (tertiary/aromatic N) is 2. The van der Waals surface area contributed by atoms with E-state index in [1.165, 1.54) is 24.3 Å². The van der Waals surface area contributed by atoms with Gasteiger partial charge in [-0.05, 0) is 101 Å². The molecule has 2 aliphatic carbocycles. The summed E-state index contributed by atoms with van der Waals surface area (Å²) in [6.07, 6.45) is -9.03. The Labute approximate surface area is 482 Å². The van der Waals surface area contributed by atoms with Gasteiger partial charge in [-0.15, -0.1) is 0 Å². The number of carbonyl (C=O) groups is 4. The van der Waals surface area contributed by atoms with Gasteiger partial charge in [0.05, 0.1) is 65.0 Å². The van der Waals surface area contributed by atoms with E-state index < -0.39 is 157 Å². The second-order valence-electron chi connectivity index (χ2n) is 24.3. The maximum atomic E-state index is 14.6. The van der Waals surface area contributed by atoms with Crippen LogP contribution in [0.3, 0.4) is 0 Å². The van der Waals surface area contributed by atoms with Crippen molar-refractivity contribution >= 4 is 23.1 Å². The Morgan fingerprint density at radius 3 is 1.88 bits per heavy atom. The fraction of sp³-hybridized carbons (Fsp3) is 0.700. The van der Waals surface area contributed by atoms with Crippen molar-refractivity contribution in [2.24, 2.45) is 0 Å². The number of rotatable bonds is 13. The Hall–Kier alpha value is -4.38. The van der Waals surface area contributed by atoms with E-state index in [0.717, 1.165) is 0 Å². The number of aliphatic hydroxyl groups is 1. The summed E-state index contributed by atoms with van der Waals surface area (Å²) in [5.41, 5.74) is -3.72. The number of hydrogen-bond acceptors (Lipinski definition) is 23. The molecule has 5 unspecified atom stereocenters. The van der Waals surface area contributed by atoms with Gasteiger partial charge in [-0.3, -0.25) is 19.2 Å². The third-order valence-corrected chi connectivity index (χ3v) is 18.3. The third-order valence-electron chi connectivity index (χ3n) is 18.3. The van der Waals surface area contributed by atoms with Gasteiger partial charge in [-0.2, -0.15) is 0 Å². The number of carbonyl (C=O) groups excluding carboxylic acids is 4. The van der Waals surface area contributed by atoms with Crippen molar-refractivity contribution in [3.63, 3.8) is 0 Å². The lowest BCUT2D eigenvalue weighted by molar-refractivity contribution is -0.371. The summed E-state index contributed by atoms with van der Waals surface area (Å²) in [4.78, 5) is 57.6.